The number of hydrogen-bond donors (Lipinski definition) is 2. The maximum absolute atomic E-state index is 13.6. The second-order valence-corrected chi connectivity index (χ2v) is 13.3. The van der Waals surface area contributed by atoms with Crippen molar-refractivity contribution in [2.24, 2.45) is 0 Å². The van der Waals surface area contributed by atoms with E-state index >= 15 is 0 Å². The third kappa shape index (κ3) is 6.08. The normalized spacial score (nSPS) is 17.7. The smallest absolute Gasteiger partial charge is 0.408 e. The number of amides is 2. The van der Waals surface area contributed by atoms with Crippen LogP contribution in [-0.4, -0.2) is 103 Å². The van der Waals surface area contributed by atoms with Gasteiger partial charge in [-0.2, -0.15) is 5.26 Å². The number of nitriles is 1. The van der Waals surface area contributed by atoms with Crippen LogP contribution in [0.2, 0.25) is 0 Å². The van der Waals surface area contributed by atoms with Crippen LogP contribution in [0.3, 0.4) is 0 Å². The molecule has 50 heavy (non-hydrogen) atoms. The third-order valence-corrected chi connectivity index (χ3v) is 10.3. The fourth-order valence-corrected chi connectivity index (χ4v) is 7.48. The van der Waals surface area contributed by atoms with Gasteiger partial charge in [0.2, 0.25) is 5.91 Å². The van der Waals surface area contributed by atoms with Crippen LogP contribution >= 0.6 is 11.3 Å². The average Bonchev–Trinajstić information content (AvgIpc) is 3.86. The number of rotatable bonds is 7. The zero-order valence-electron chi connectivity index (χ0n) is 27.4. The molecule has 2 N–H and O–H groups in total. The lowest BCUT2D eigenvalue weighted by Crippen LogP contribution is -2.54. The number of hydrogen-bond acceptors (Lipinski definition) is 10. The number of pyridine rings is 2. The number of piperazine rings is 1. The summed E-state index contributed by atoms with van der Waals surface area (Å²) in [6.45, 7) is 3.93. The van der Waals surface area contributed by atoms with Gasteiger partial charge in [0, 0.05) is 68.7 Å². The predicted octanol–water partition coefficient (Wildman–Crippen LogP) is 4.62. The number of likely N-dealkylation sites (tertiary alicyclic amines) is 1. The zero-order chi connectivity index (χ0) is 35.1. The highest BCUT2D eigenvalue weighted by Gasteiger charge is 2.41. The summed E-state index contributed by atoms with van der Waals surface area (Å²) < 4.78 is 15.6. The number of thiazole rings is 1. The van der Waals surface area contributed by atoms with E-state index in [1.807, 2.05) is 59.9 Å². The van der Waals surface area contributed by atoms with Crippen molar-refractivity contribution in [3.05, 3.63) is 77.3 Å². The van der Waals surface area contributed by atoms with E-state index in [0.717, 1.165) is 39.0 Å². The molecule has 4 aromatic heterocycles. The number of carbonyl (C=O) groups excluding carboxylic acids is 1. The molecule has 0 aliphatic carbocycles. The van der Waals surface area contributed by atoms with Crippen molar-refractivity contribution in [1.82, 2.24) is 29.2 Å². The first-order valence-corrected chi connectivity index (χ1v) is 17.1. The Balaban J connectivity index is 1.09. The molecule has 0 radical (unpaired) electrons. The van der Waals surface area contributed by atoms with E-state index in [4.69, 9.17) is 15.0 Å². The molecule has 7 rings (SSSR count). The molecule has 2 amide bonds. The summed E-state index contributed by atoms with van der Waals surface area (Å²) in [5, 5.41) is 29.9. The van der Waals surface area contributed by atoms with Crippen molar-refractivity contribution in [2.75, 3.05) is 49.6 Å². The third-order valence-electron chi connectivity index (χ3n) is 9.24. The lowest BCUT2D eigenvalue weighted by atomic mass is 10.1. The van der Waals surface area contributed by atoms with Crippen LogP contribution in [0.4, 0.5) is 26.0 Å². The molecule has 2 saturated heterocycles. The number of carbonyl (C=O) groups is 2. The number of aliphatic hydroxyl groups is 1. The molecule has 2 aliphatic heterocycles. The van der Waals surface area contributed by atoms with Gasteiger partial charge in [0.1, 0.15) is 45.8 Å². The van der Waals surface area contributed by atoms with E-state index in [9.17, 15) is 29.5 Å². The van der Waals surface area contributed by atoms with Gasteiger partial charge >= 0.3 is 6.09 Å². The van der Waals surface area contributed by atoms with Crippen LogP contribution in [0.25, 0.3) is 28.0 Å². The Hall–Kier alpha value is -5.59. The highest BCUT2D eigenvalue weighted by molar-refractivity contribution is 7.16. The number of aromatic nitrogens is 4. The molecule has 0 spiro atoms. The lowest BCUT2D eigenvalue weighted by Gasteiger charge is -2.37. The Morgan fingerprint density at radius 1 is 1.04 bits per heavy atom. The molecular weight excluding hydrogens is 662 g/mol. The van der Waals surface area contributed by atoms with Crippen LogP contribution in [0.1, 0.15) is 23.9 Å². The number of fused-ring (bicyclic) bond motifs is 1. The van der Waals surface area contributed by atoms with E-state index in [2.05, 4.69) is 11.0 Å². The predicted molar refractivity (Wildman–Crippen MR) is 186 cm³/mol. The van der Waals surface area contributed by atoms with Gasteiger partial charge in [-0.25, -0.2) is 24.1 Å². The van der Waals surface area contributed by atoms with E-state index < -0.39 is 18.2 Å². The minimum absolute atomic E-state index is 0.0533. The van der Waals surface area contributed by atoms with Crippen LogP contribution in [0.15, 0.2) is 60.9 Å². The lowest BCUT2D eigenvalue weighted by molar-refractivity contribution is -0.135. The molecule has 0 unspecified atom stereocenters. The average molecular weight is 696 g/mol. The number of aliphatic hydroxyl groups excluding tert-OH is 1. The van der Waals surface area contributed by atoms with Crippen LogP contribution in [-0.2, 0) is 11.2 Å². The Bertz CT molecular complexity index is 2100. The minimum atomic E-state index is -1.20. The Morgan fingerprint density at radius 3 is 2.42 bits per heavy atom. The molecule has 0 saturated carbocycles. The van der Waals surface area contributed by atoms with Crippen LogP contribution in [0.5, 0.6) is 0 Å². The van der Waals surface area contributed by atoms with Crippen molar-refractivity contribution >= 4 is 45.8 Å². The highest BCUT2D eigenvalue weighted by Crippen LogP contribution is 2.37. The molecule has 15 heteroatoms. The van der Waals surface area contributed by atoms with Gasteiger partial charge in [0.25, 0.3) is 0 Å². The maximum Gasteiger partial charge on any atom is 0.408 e. The van der Waals surface area contributed by atoms with Crippen molar-refractivity contribution in [3.63, 3.8) is 0 Å². The Kier molecular flexibility index (Phi) is 8.81. The number of carboxylic acid groups (broad SMARTS) is 1. The maximum atomic E-state index is 13.6. The molecule has 0 bridgehead atoms. The summed E-state index contributed by atoms with van der Waals surface area (Å²) in [7, 11) is 1.90. The highest BCUT2D eigenvalue weighted by atomic mass is 32.1. The van der Waals surface area contributed by atoms with E-state index in [-0.39, 0.29) is 24.7 Å². The molecule has 6 heterocycles. The summed E-state index contributed by atoms with van der Waals surface area (Å²) in [5.74, 6) is 0.968. The molecule has 5 aromatic rings. The van der Waals surface area contributed by atoms with Gasteiger partial charge < -0.3 is 24.9 Å². The number of halogens is 1. The summed E-state index contributed by atoms with van der Waals surface area (Å²) >= 11 is 1.26. The molecule has 13 nitrogen and oxygen atoms in total. The summed E-state index contributed by atoms with van der Waals surface area (Å²) in [6.07, 6.45) is 2.58. The standard InChI is InChI=1S/C35H34FN9O4S/c1-3-26-32(41(2)34-40-31(28(17-37)50-34)21-4-8-24(36)9-5-21)45-19-23(7-11-30(45)39-26)22-6-10-29(38-18-22)42-12-14-43(15-13-42)33(47)27-16-25(46)20-44(27)35(48)49/h4-11,18-19,25,27,46H,3,12-16,20H2,1-2H3,(H,48,49)/t25-,27+/m1/s1. The number of β-amino-alcohol motifs (C(OH)–C–C–N with tert-alkyl or cyclic N) is 1. The topological polar surface area (TPSA) is 154 Å². The van der Waals surface area contributed by atoms with Crippen LogP contribution in [0, 0.1) is 17.1 Å². The second kappa shape index (κ2) is 13.4. The Labute approximate surface area is 291 Å². The van der Waals surface area contributed by atoms with Gasteiger partial charge in [-0.3, -0.25) is 14.1 Å². The van der Waals surface area contributed by atoms with Gasteiger partial charge in [0.15, 0.2) is 5.13 Å². The number of anilines is 3. The van der Waals surface area contributed by atoms with Crippen LogP contribution < -0.4 is 9.80 Å². The second-order valence-electron chi connectivity index (χ2n) is 12.3. The number of benzene rings is 1. The fourth-order valence-electron chi connectivity index (χ4n) is 6.64. The summed E-state index contributed by atoms with van der Waals surface area (Å²) in [6, 6.07) is 15.2. The number of nitrogens with zero attached hydrogens (tertiary/aromatic N) is 9. The fraction of sp³-hybridized carbons (Fsp3) is 0.314. The molecule has 2 atom stereocenters. The SMILES string of the molecule is CCc1nc2ccc(-c3ccc(N4CCN(C(=O)[C@@H]5C[C@@H](O)CN5C(=O)O)CC4)nc3)cn2c1N(C)c1nc(-c2ccc(F)cc2)c(C#N)s1. The van der Waals surface area contributed by atoms with Crippen molar-refractivity contribution in [3.8, 4) is 28.5 Å². The van der Waals surface area contributed by atoms with Crippen molar-refractivity contribution in [2.45, 2.75) is 31.9 Å². The van der Waals surface area contributed by atoms with E-state index in [1.165, 1.54) is 23.5 Å². The monoisotopic (exact) mass is 695 g/mol. The first-order valence-electron chi connectivity index (χ1n) is 16.2. The van der Waals surface area contributed by atoms with Crippen molar-refractivity contribution in [1.29, 1.82) is 5.26 Å². The molecule has 2 aliphatic rings. The Morgan fingerprint density at radius 2 is 1.76 bits per heavy atom. The molecule has 256 valence electrons. The quantitative estimate of drug-likeness (QED) is 0.247. The largest absolute Gasteiger partial charge is 0.465 e. The van der Waals surface area contributed by atoms with Gasteiger partial charge in [-0.15, -0.1) is 0 Å². The van der Waals surface area contributed by atoms with Gasteiger partial charge in [-0.05, 0) is 55.0 Å². The molecule has 2 fully saturated rings. The van der Waals surface area contributed by atoms with Gasteiger partial charge in [0.05, 0.1) is 18.3 Å². The first-order chi connectivity index (χ1) is 24.1. The van der Waals surface area contributed by atoms with Gasteiger partial charge in [-0.1, -0.05) is 18.3 Å². The summed E-state index contributed by atoms with van der Waals surface area (Å²) in [5.41, 5.74) is 4.62. The van der Waals surface area contributed by atoms with E-state index in [0.29, 0.717) is 53.9 Å². The number of imidazole rings is 1. The minimum Gasteiger partial charge on any atom is -0.465 e. The summed E-state index contributed by atoms with van der Waals surface area (Å²) in [4.78, 5) is 46.2. The van der Waals surface area contributed by atoms with E-state index in [1.54, 1.807) is 17.0 Å². The first kappa shape index (κ1) is 32.9. The van der Waals surface area contributed by atoms with Crippen molar-refractivity contribution < 1.29 is 24.2 Å². The zero-order valence-corrected chi connectivity index (χ0v) is 28.2. The number of aryl methyl sites for hydroxylation is 1. The molecular formula is C35H34FN9O4S. The molecule has 1 aromatic carbocycles.